The summed E-state index contributed by atoms with van der Waals surface area (Å²) in [6.45, 7) is 0.216. The van der Waals surface area contributed by atoms with E-state index in [0.717, 1.165) is 4.57 Å². The van der Waals surface area contributed by atoms with Crippen LogP contribution in [0.2, 0.25) is 0 Å². The third-order valence-corrected chi connectivity index (χ3v) is 3.68. The first kappa shape index (κ1) is 15.0. The van der Waals surface area contributed by atoms with Crippen molar-refractivity contribution in [3.8, 4) is 5.88 Å². The van der Waals surface area contributed by atoms with Gasteiger partial charge < -0.3 is 14.6 Å². The number of hydrogen-bond donors (Lipinski definition) is 2. The van der Waals surface area contributed by atoms with Gasteiger partial charge in [-0.2, -0.15) is 0 Å². The van der Waals surface area contributed by atoms with Crippen LogP contribution in [0.3, 0.4) is 0 Å². The number of aromatic nitrogens is 2. The number of nitrogens with zero attached hydrogens (tertiary/aromatic N) is 1. The zero-order valence-electron chi connectivity index (χ0n) is 12.2. The largest absolute Gasteiger partial charge is 0.494 e. The summed E-state index contributed by atoms with van der Waals surface area (Å²) in [6.07, 6.45) is -1.06. The zero-order chi connectivity index (χ0) is 16.6. The van der Waals surface area contributed by atoms with Gasteiger partial charge in [-0.1, -0.05) is 18.2 Å². The van der Waals surface area contributed by atoms with Crippen LogP contribution in [0.4, 0.5) is 0 Å². The van der Waals surface area contributed by atoms with Crippen LogP contribution in [0, 0.1) is 0 Å². The highest BCUT2D eigenvalue weighted by Crippen LogP contribution is 2.36. The lowest BCUT2D eigenvalue weighted by Gasteiger charge is -2.15. The Morgan fingerprint density at radius 2 is 2.04 bits per heavy atom. The van der Waals surface area contributed by atoms with Crippen molar-refractivity contribution in [2.45, 2.75) is 12.6 Å². The summed E-state index contributed by atoms with van der Waals surface area (Å²) in [7, 11) is 1.45. The molecule has 0 spiro atoms. The third kappa shape index (κ3) is 2.42. The minimum atomic E-state index is -1.06. The summed E-state index contributed by atoms with van der Waals surface area (Å²) < 4.78 is 11.1. The molecule has 23 heavy (non-hydrogen) atoms. The maximum Gasteiger partial charge on any atom is 0.339 e. The molecule has 120 valence electrons. The molecule has 0 fully saturated rings. The van der Waals surface area contributed by atoms with Crippen LogP contribution >= 0.6 is 0 Å². The maximum absolute atomic E-state index is 12.1. The van der Waals surface area contributed by atoms with Crippen LogP contribution in [-0.4, -0.2) is 34.3 Å². The Hall–Kier alpha value is -2.87. The molecule has 8 heteroatoms. The summed E-state index contributed by atoms with van der Waals surface area (Å²) in [5.41, 5.74) is -0.943. The normalized spacial score (nSPS) is 16.2. The van der Waals surface area contributed by atoms with Crippen molar-refractivity contribution in [1.82, 2.24) is 9.55 Å². The highest BCUT2D eigenvalue weighted by Gasteiger charge is 2.36. The van der Waals surface area contributed by atoms with Gasteiger partial charge in [-0.05, 0) is 6.07 Å². The Labute approximate surface area is 129 Å². The van der Waals surface area contributed by atoms with Crippen molar-refractivity contribution < 1.29 is 19.4 Å². The number of benzene rings is 1. The Kier molecular flexibility index (Phi) is 3.75. The van der Waals surface area contributed by atoms with E-state index in [4.69, 9.17) is 9.47 Å². The number of ether oxygens (including phenoxy) is 2. The van der Waals surface area contributed by atoms with Crippen molar-refractivity contribution >= 4 is 5.97 Å². The minimum absolute atomic E-state index is 0.0489. The first-order valence-corrected chi connectivity index (χ1v) is 6.89. The van der Waals surface area contributed by atoms with Crippen LogP contribution in [0.1, 0.15) is 27.6 Å². The second kappa shape index (κ2) is 5.73. The number of fused-ring (bicyclic) bond motifs is 1. The molecule has 1 aromatic carbocycles. The van der Waals surface area contributed by atoms with Gasteiger partial charge in [-0.15, -0.1) is 0 Å². The summed E-state index contributed by atoms with van der Waals surface area (Å²) >= 11 is 0. The third-order valence-electron chi connectivity index (χ3n) is 3.68. The lowest BCUT2D eigenvalue weighted by atomic mass is 10.0. The molecule has 1 atom stereocenters. The fourth-order valence-corrected chi connectivity index (χ4v) is 2.56. The molecule has 3 rings (SSSR count). The number of methoxy groups -OCH3 is 1. The van der Waals surface area contributed by atoms with E-state index in [0.29, 0.717) is 11.1 Å². The monoisotopic (exact) mass is 318 g/mol. The highest BCUT2D eigenvalue weighted by atomic mass is 16.5. The number of H-pyrrole nitrogens is 1. The van der Waals surface area contributed by atoms with Crippen molar-refractivity contribution in [2.24, 2.45) is 0 Å². The molecule has 1 aliphatic rings. The van der Waals surface area contributed by atoms with E-state index in [9.17, 15) is 19.5 Å². The molecule has 2 aromatic rings. The molecule has 1 aliphatic heterocycles. The predicted molar refractivity (Wildman–Crippen MR) is 78.6 cm³/mol. The van der Waals surface area contributed by atoms with Gasteiger partial charge in [-0.25, -0.2) is 9.59 Å². The van der Waals surface area contributed by atoms with Gasteiger partial charge in [0.15, 0.2) is 6.10 Å². The molecule has 8 nitrogen and oxygen atoms in total. The van der Waals surface area contributed by atoms with Crippen molar-refractivity contribution in [3.63, 3.8) is 0 Å². The van der Waals surface area contributed by atoms with Crippen LogP contribution in [-0.2, 0) is 16.0 Å². The van der Waals surface area contributed by atoms with E-state index in [1.54, 1.807) is 24.3 Å². The van der Waals surface area contributed by atoms with E-state index in [-0.39, 0.29) is 18.7 Å². The number of esters is 1. The number of cyclic esters (lactones) is 1. The fourth-order valence-electron chi connectivity index (χ4n) is 2.56. The summed E-state index contributed by atoms with van der Waals surface area (Å²) in [6, 6.07) is 6.57. The number of carbonyl (C=O) groups excluding carboxylic acids is 1. The Morgan fingerprint density at radius 3 is 2.78 bits per heavy atom. The molecule has 0 saturated heterocycles. The molecule has 1 unspecified atom stereocenters. The molecule has 0 radical (unpaired) electrons. The Bertz CT molecular complexity index is 882. The van der Waals surface area contributed by atoms with Crippen LogP contribution < -0.4 is 11.2 Å². The number of carbonyl (C=O) groups is 1. The molecular formula is C15H14N2O6. The van der Waals surface area contributed by atoms with Crippen LogP contribution in [0.5, 0.6) is 5.88 Å². The van der Waals surface area contributed by atoms with Crippen LogP contribution in [0.15, 0.2) is 33.9 Å². The quantitative estimate of drug-likeness (QED) is 0.776. The molecule has 2 N–H and O–H groups in total. The van der Waals surface area contributed by atoms with E-state index < -0.39 is 29.2 Å². The SMILES string of the molecule is COCCn1c(O)c(C2OC(=O)c3ccccc32)c(=O)[nH]c1=O. The molecule has 0 amide bonds. The summed E-state index contributed by atoms with van der Waals surface area (Å²) in [4.78, 5) is 38.0. The smallest absolute Gasteiger partial charge is 0.339 e. The fraction of sp³-hybridized carbons (Fsp3) is 0.267. The minimum Gasteiger partial charge on any atom is -0.494 e. The number of aromatic hydroxyl groups is 1. The molecule has 0 saturated carbocycles. The Morgan fingerprint density at radius 1 is 1.30 bits per heavy atom. The number of rotatable bonds is 4. The average Bonchev–Trinajstić information content (AvgIpc) is 2.84. The van der Waals surface area contributed by atoms with E-state index in [2.05, 4.69) is 4.98 Å². The van der Waals surface area contributed by atoms with Crippen molar-refractivity contribution in [3.05, 3.63) is 61.8 Å². The van der Waals surface area contributed by atoms with E-state index in [1.165, 1.54) is 7.11 Å². The number of aromatic amines is 1. The van der Waals surface area contributed by atoms with E-state index >= 15 is 0 Å². The summed E-state index contributed by atoms with van der Waals surface area (Å²) in [5, 5.41) is 10.3. The number of nitrogens with one attached hydrogen (secondary N) is 1. The molecular weight excluding hydrogens is 304 g/mol. The first-order valence-electron chi connectivity index (χ1n) is 6.89. The number of hydrogen-bond acceptors (Lipinski definition) is 6. The highest BCUT2D eigenvalue weighted by molar-refractivity contribution is 5.94. The molecule has 2 heterocycles. The van der Waals surface area contributed by atoms with Gasteiger partial charge in [0.2, 0.25) is 5.88 Å². The second-order valence-electron chi connectivity index (χ2n) is 5.01. The second-order valence-corrected chi connectivity index (χ2v) is 5.01. The van der Waals surface area contributed by atoms with Gasteiger partial charge in [0.1, 0.15) is 5.56 Å². The summed E-state index contributed by atoms with van der Waals surface area (Å²) in [5.74, 6) is -1.12. The van der Waals surface area contributed by atoms with Crippen molar-refractivity contribution in [2.75, 3.05) is 13.7 Å². The van der Waals surface area contributed by atoms with Gasteiger partial charge in [0.05, 0.1) is 18.7 Å². The molecule has 0 bridgehead atoms. The Balaban J connectivity index is 2.16. The zero-order valence-corrected chi connectivity index (χ0v) is 12.2. The van der Waals surface area contributed by atoms with Crippen LogP contribution in [0.25, 0.3) is 0 Å². The molecule has 1 aromatic heterocycles. The van der Waals surface area contributed by atoms with Gasteiger partial charge in [0.25, 0.3) is 5.56 Å². The molecule has 0 aliphatic carbocycles. The van der Waals surface area contributed by atoms with Gasteiger partial charge in [-0.3, -0.25) is 14.3 Å². The standard InChI is InChI=1S/C15H14N2O6/c1-22-7-6-17-13(19)10(12(18)16-15(17)21)11-8-4-2-3-5-9(8)14(20)23-11/h2-5,11,19H,6-7H2,1H3,(H,16,18,21). The maximum atomic E-state index is 12.1. The average molecular weight is 318 g/mol. The van der Waals surface area contributed by atoms with Crippen molar-refractivity contribution in [1.29, 1.82) is 0 Å². The van der Waals surface area contributed by atoms with Gasteiger partial charge >= 0.3 is 11.7 Å². The first-order chi connectivity index (χ1) is 11.0. The lowest BCUT2D eigenvalue weighted by Crippen LogP contribution is -2.34. The topological polar surface area (TPSA) is 111 Å². The lowest BCUT2D eigenvalue weighted by molar-refractivity contribution is 0.0448. The predicted octanol–water partition coefficient (Wildman–Crippen LogP) is 0.148. The van der Waals surface area contributed by atoms with E-state index in [1.807, 2.05) is 0 Å². The van der Waals surface area contributed by atoms with Gasteiger partial charge in [0, 0.05) is 12.7 Å².